The highest BCUT2D eigenvalue weighted by molar-refractivity contribution is 5.96. The van der Waals surface area contributed by atoms with E-state index in [2.05, 4.69) is 35.1 Å². The number of ketones is 1. The molecular weight excluding hydrogens is 292 g/mol. The molecule has 2 rings (SSSR count). The topological polar surface area (TPSA) is 25.0 Å². The van der Waals surface area contributed by atoms with Crippen LogP contribution in [0.3, 0.4) is 0 Å². The van der Waals surface area contributed by atoms with E-state index in [9.17, 15) is 4.79 Å². The summed E-state index contributed by atoms with van der Waals surface area (Å²) in [5.74, 6) is 0.246. The Morgan fingerprint density at radius 2 is 2.17 bits per heavy atom. The van der Waals surface area contributed by atoms with Crippen molar-refractivity contribution < 1.29 is 26.4 Å². The Bertz CT molecular complexity index is 474. The van der Waals surface area contributed by atoms with Gasteiger partial charge in [0.2, 0.25) is 6.54 Å². The smallest absolute Gasteiger partial charge is 0.201 e. The molecule has 1 aromatic heterocycles. The Kier molecular flexibility index (Phi) is 5.32. The zero-order valence-corrected chi connectivity index (χ0v) is 13.0. The monoisotopic (exact) mass is 312 g/mol. The highest BCUT2D eigenvalue weighted by Crippen LogP contribution is 2.16. The molecular formula is C14H21BrN2O. The number of aromatic nitrogens is 1. The van der Waals surface area contributed by atoms with Crippen molar-refractivity contribution in [3.8, 4) is 0 Å². The van der Waals surface area contributed by atoms with Crippen LogP contribution in [0.2, 0.25) is 0 Å². The summed E-state index contributed by atoms with van der Waals surface area (Å²) in [5.41, 5.74) is 3.95. The van der Waals surface area contributed by atoms with E-state index in [0.29, 0.717) is 6.54 Å². The molecule has 0 atom stereocenters. The fraction of sp³-hybridized carbons (Fsp3) is 0.571. The van der Waals surface area contributed by atoms with E-state index >= 15 is 0 Å². The number of fused-ring (bicyclic) bond motifs is 1. The second kappa shape index (κ2) is 6.32. The predicted molar refractivity (Wildman–Crippen MR) is 68.9 cm³/mol. The fourth-order valence-corrected chi connectivity index (χ4v) is 2.60. The van der Waals surface area contributed by atoms with Gasteiger partial charge < -0.3 is 21.5 Å². The molecule has 0 N–H and O–H groups in total. The molecule has 1 aromatic rings. The molecule has 0 unspecified atom stereocenters. The van der Waals surface area contributed by atoms with Crippen LogP contribution in [0.15, 0.2) is 12.1 Å². The van der Waals surface area contributed by atoms with Gasteiger partial charge in [-0.15, -0.1) is 0 Å². The van der Waals surface area contributed by atoms with Crippen LogP contribution in [0.25, 0.3) is 0 Å². The van der Waals surface area contributed by atoms with Crippen molar-refractivity contribution in [1.29, 1.82) is 0 Å². The third-order valence-electron chi connectivity index (χ3n) is 3.37. The minimum absolute atomic E-state index is 0. The minimum atomic E-state index is 0. The van der Waals surface area contributed by atoms with E-state index in [0.717, 1.165) is 25.9 Å². The van der Waals surface area contributed by atoms with E-state index in [-0.39, 0.29) is 22.8 Å². The van der Waals surface area contributed by atoms with Gasteiger partial charge in [0, 0.05) is 19.0 Å². The summed E-state index contributed by atoms with van der Waals surface area (Å²) in [6, 6.07) is 4.36. The van der Waals surface area contributed by atoms with Gasteiger partial charge in [-0.05, 0) is 25.5 Å². The summed E-state index contributed by atoms with van der Waals surface area (Å²) in [5, 5.41) is 0. The van der Waals surface area contributed by atoms with E-state index < -0.39 is 0 Å². The van der Waals surface area contributed by atoms with Gasteiger partial charge in [0.25, 0.3) is 0 Å². The molecule has 100 valence electrons. The maximum atomic E-state index is 11.3. The third kappa shape index (κ3) is 2.91. The van der Waals surface area contributed by atoms with Gasteiger partial charge in [-0.2, -0.15) is 0 Å². The summed E-state index contributed by atoms with van der Waals surface area (Å²) in [7, 11) is 0. The van der Waals surface area contributed by atoms with Crippen LogP contribution in [0.5, 0.6) is 0 Å². The largest absolute Gasteiger partial charge is 1.00 e. The highest BCUT2D eigenvalue weighted by Gasteiger charge is 2.26. The lowest BCUT2D eigenvalue weighted by Gasteiger charge is -2.18. The Balaban J connectivity index is 0.00000162. The molecule has 1 aliphatic rings. The first-order chi connectivity index (χ1) is 8.13. The first-order valence-electron chi connectivity index (χ1n) is 6.40. The number of halogens is 1. The number of hydrogen-bond donors (Lipinski definition) is 0. The van der Waals surface area contributed by atoms with E-state index in [1.165, 1.54) is 17.1 Å². The molecule has 0 radical (unpaired) electrons. The Morgan fingerprint density at radius 1 is 1.44 bits per heavy atom. The molecule has 0 fully saturated rings. The van der Waals surface area contributed by atoms with Gasteiger partial charge in [0.15, 0.2) is 18.0 Å². The number of Topliss-reactive ketones (excluding diaryl/α,β-unsaturated/α-hetero) is 1. The van der Waals surface area contributed by atoms with Crippen LogP contribution >= 0.6 is 0 Å². The Hall–Kier alpha value is -0.900. The average Bonchev–Trinajstić information content (AvgIpc) is 2.64. The quantitative estimate of drug-likeness (QED) is 0.655. The van der Waals surface area contributed by atoms with Gasteiger partial charge in [-0.3, -0.25) is 4.79 Å². The predicted octanol–water partition coefficient (Wildman–Crippen LogP) is -0.995. The summed E-state index contributed by atoms with van der Waals surface area (Å²) < 4.78 is 4.61. The molecule has 4 heteroatoms. The summed E-state index contributed by atoms with van der Waals surface area (Å²) in [4.78, 5) is 11.3. The zero-order chi connectivity index (χ0) is 12.4. The number of carbonyl (C=O) groups is 1. The highest BCUT2D eigenvalue weighted by atomic mass is 79.9. The maximum Gasteiger partial charge on any atom is 0.201 e. The molecule has 0 spiro atoms. The normalized spacial score (nSPS) is 14.2. The van der Waals surface area contributed by atoms with Crippen LogP contribution in [0.4, 0.5) is 0 Å². The minimum Gasteiger partial charge on any atom is -1.00 e. The molecule has 0 saturated carbocycles. The van der Waals surface area contributed by atoms with Gasteiger partial charge in [-0.25, -0.2) is 4.58 Å². The number of hydrogen-bond acceptors (Lipinski definition) is 1. The van der Waals surface area contributed by atoms with Gasteiger partial charge in [0.1, 0.15) is 5.69 Å². The van der Waals surface area contributed by atoms with Crippen LogP contribution in [-0.4, -0.2) is 33.7 Å². The van der Waals surface area contributed by atoms with Crippen molar-refractivity contribution in [3.05, 3.63) is 23.5 Å². The van der Waals surface area contributed by atoms with Crippen LogP contribution in [0.1, 0.15) is 38.1 Å². The van der Waals surface area contributed by atoms with Gasteiger partial charge in [0.05, 0.1) is 6.54 Å². The lowest BCUT2D eigenvalue weighted by molar-refractivity contribution is -0.521. The summed E-state index contributed by atoms with van der Waals surface area (Å²) in [6.07, 6.45) is 2.17. The van der Waals surface area contributed by atoms with Gasteiger partial charge >= 0.3 is 0 Å². The number of carbonyl (C=O) groups excluding carboxylic acids is 1. The molecule has 2 heterocycles. The first-order valence-corrected chi connectivity index (χ1v) is 6.40. The molecule has 3 nitrogen and oxygen atoms in total. The molecule has 0 saturated heterocycles. The number of aryl methyl sites for hydroxylation is 1. The summed E-state index contributed by atoms with van der Waals surface area (Å²) in [6.45, 7) is 8.51. The number of rotatable bonds is 4. The van der Waals surface area contributed by atoms with Crippen molar-refractivity contribution in [2.24, 2.45) is 0 Å². The second-order valence-corrected chi connectivity index (χ2v) is 4.83. The Labute approximate surface area is 119 Å². The third-order valence-corrected chi connectivity index (χ3v) is 3.37. The van der Waals surface area contributed by atoms with Gasteiger partial charge in [-0.1, -0.05) is 6.92 Å². The van der Waals surface area contributed by atoms with E-state index in [1.807, 2.05) is 0 Å². The van der Waals surface area contributed by atoms with Crippen LogP contribution < -0.4 is 17.0 Å². The molecule has 0 amide bonds. The average molecular weight is 313 g/mol. The second-order valence-electron chi connectivity index (χ2n) is 4.83. The van der Waals surface area contributed by atoms with Crippen molar-refractivity contribution in [3.63, 3.8) is 0 Å². The number of nitrogens with zero attached hydrogens (tertiary/aromatic N) is 2. The van der Waals surface area contributed by atoms with E-state index in [4.69, 9.17) is 0 Å². The maximum absolute atomic E-state index is 11.3. The fourth-order valence-electron chi connectivity index (χ4n) is 2.60. The standard InChI is InChI=1S/C14H21N2O.BrH/c1-4-5-13-14-7-6-11(2)16(14)9-8-15(13)10-12(3)17;/h6-7H,4-5,8-10H2,1-3H3;1H/q+1;/p-1. The van der Waals surface area contributed by atoms with Crippen LogP contribution in [0, 0.1) is 6.92 Å². The summed E-state index contributed by atoms with van der Waals surface area (Å²) >= 11 is 0. The molecule has 1 aliphatic heterocycles. The van der Waals surface area contributed by atoms with Crippen molar-refractivity contribution in [2.75, 3.05) is 13.1 Å². The van der Waals surface area contributed by atoms with Crippen molar-refractivity contribution in [1.82, 2.24) is 4.57 Å². The van der Waals surface area contributed by atoms with Crippen LogP contribution in [-0.2, 0) is 11.3 Å². The lowest BCUT2D eigenvalue weighted by Crippen LogP contribution is -3.00. The Morgan fingerprint density at radius 3 is 2.78 bits per heavy atom. The van der Waals surface area contributed by atoms with Crippen molar-refractivity contribution in [2.45, 2.75) is 40.2 Å². The SMILES string of the molecule is CCCC1=[N+](CC(C)=O)CCn2c(C)ccc21.[Br-]. The molecule has 18 heavy (non-hydrogen) atoms. The van der Waals surface area contributed by atoms with Crippen molar-refractivity contribution >= 4 is 11.5 Å². The molecule has 0 bridgehead atoms. The zero-order valence-electron chi connectivity index (χ0n) is 11.4. The van der Waals surface area contributed by atoms with E-state index in [1.54, 1.807) is 6.92 Å². The molecule has 0 aliphatic carbocycles. The lowest BCUT2D eigenvalue weighted by atomic mass is 10.1. The first kappa shape index (κ1) is 15.2. The molecule has 0 aromatic carbocycles.